The maximum Gasteiger partial charge on any atom is 0.305 e. The minimum Gasteiger partial charge on any atom is -0.430 e. The first-order chi connectivity index (χ1) is 5.43. The predicted molar refractivity (Wildman–Crippen MR) is 46.2 cm³/mol. The number of hydrogen-bond donors (Lipinski definition) is 0. The first-order valence-corrected chi connectivity index (χ1v) is 6.75. The lowest BCUT2D eigenvalue weighted by molar-refractivity contribution is -0.171. The molecule has 0 aliphatic heterocycles. The summed E-state index contributed by atoms with van der Waals surface area (Å²) in [5.74, 6) is -1.45. The van der Waals surface area contributed by atoms with Crippen molar-refractivity contribution in [3.05, 3.63) is 0 Å². The Morgan fingerprint density at radius 2 is 1.42 bits per heavy atom. The van der Waals surface area contributed by atoms with Crippen molar-refractivity contribution in [2.75, 3.05) is 0 Å². The van der Waals surface area contributed by atoms with Gasteiger partial charge in [0, 0.05) is 13.8 Å². The molecule has 0 saturated carbocycles. The molecule has 0 heterocycles. The second kappa shape index (κ2) is 4.92. The lowest BCUT2D eigenvalue weighted by atomic mass is 10.8. The Labute approximate surface area is 73.5 Å². The van der Waals surface area contributed by atoms with Gasteiger partial charge in [0.05, 0.1) is 0 Å². The Balaban J connectivity index is 4.04. The van der Waals surface area contributed by atoms with Gasteiger partial charge in [-0.3, -0.25) is 9.59 Å². The second-order valence-electron chi connectivity index (χ2n) is 2.83. The molecule has 0 spiro atoms. The Kier molecular flexibility index (Phi) is 4.57. The minimum atomic E-state index is -1.28. The molecule has 0 N–H and O–H groups in total. The van der Waals surface area contributed by atoms with Crippen LogP contribution in [-0.2, 0) is 19.1 Å². The smallest absolute Gasteiger partial charge is 0.305 e. The van der Waals surface area contributed by atoms with Crippen LogP contribution in [0.4, 0.5) is 0 Å². The molecule has 0 radical (unpaired) electrons. The van der Waals surface area contributed by atoms with Gasteiger partial charge in [0.2, 0.25) is 5.91 Å². The van der Waals surface area contributed by atoms with Crippen molar-refractivity contribution in [2.24, 2.45) is 0 Å². The van der Waals surface area contributed by atoms with Gasteiger partial charge in [0.1, 0.15) is 8.80 Å². The van der Waals surface area contributed by atoms with Gasteiger partial charge in [0.15, 0.2) is 0 Å². The number of hydrogen-bond acceptors (Lipinski definition) is 4. The number of carbonyl (C=O) groups is 2. The molecule has 12 heavy (non-hydrogen) atoms. The van der Waals surface area contributed by atoms with E-state index in [1.807, 2.05) is 13.1 Å². The van der Waals surface area contributed by atoms with E-state index in [1.54, 1.807) is 0 Å². The predicted octanol–water partition coefficient (Wildman–Crippen LogP) is 0.465. The number of carbonyl (C=O) groups excluding carboxylic acids is 2. The molecule has 0 aliphatic carbocycles. The van der Waals surface area contributed by atoms with E-state index in [1.165, 1.54) is 13.8 Å². The molecule has 0 rings (SSSR count). The van der Waals surface area contributed by atoms with Crippen LogP contribution in [0.3, 0.4) is 0 Å². The zero-order valence-electron chi connectivity index (χ0n) is 7.79. The standard InChI is InChI=1S/C7H14O4Si/c1-5(8)10-7(12(3)4)11-6(2)9/h7,12H,1-4H3. The second-order valence-corrected chi connectivity index (χ2v) is 5.86. The van der Waals surface area contributed by atoms with Gasteiger partial charge in [0.25, 0.3) is 0 Å². The van der Waals surface area contributed by atoms with Crippen LogP contribution in [-0.4, -0.2) is 26.6 Å². The van der Waals surface area contributed by atoms with Gasteiger partial charge < -0.3 is 9.47 Å². The largest absolute Gasteiger partial charge is 0.430 e. The molecule has 4 nitrogen and oxygen atoms in total. The van der Waals surface area contributed by atoms with E-state index >= 15 is 0 Å². The van der Waals surface area contributed by atoms with Crippen LogP contribution in [0.5, 0.6) is 0 Å². The molecule has 0 saturated heterocycles. The Hall–Kier alpha value is -0.843. The Morgan fingerprint density at radius 3 is 1.58 bits per heavy atom. The quantitative estimate of drug-likeness (QED) is 0.369. The normalized spacial score (nSPS) is 10.2. The monoisotopic (exact) mass is 190 g/mol. The van der Waals surface area contributed by atoms with E-state index in [9.17, 15) is 9.59 Å². The average molecular weight is 190 g/mol. The van der Waals surface area contributed by atoms with Crippen molar-refractivity contribution in [2.45, 2.75) is 32.9 Å². The van der Waals surface area contributed by atoms with Gasteiger partial charge in [-0.25, -0.2) is 0 Å². The van der Waals surface area contributed by atoms with Gasteiger partial charge >= 0.3 is 11.9 Å². The molecule has 5 heteroatoms. The van der Waals surface area contributed by atoms with Crippen LogP contribution in [0.25, 0.3) is 0 Å². The van der Waals surface area contributed by atoms with Crippen molar-refractivity contribution >= 4 is 20.7 Å². The van der Waals surface area contributed by atoms with E-state index in [0.717, 1.165) is 0 Å². The zero-order valence-corrected chi connectivity index (χ0v) is 8.94. The van der Waals surface area contributed by atoms with Gasteiger partial charge in [-0.05, 0) is 0 Å². The molecule has 0 fully saturated rings. The van der Waals surface area contributed by atoms with Crippen LogP contribution >= 0.6 is 0 Å². The number of ether oxygens (including phenoxy) is 2. The molecular weight excluding hydrogens is 176 g/mol. The highest BCUT2D eigenvalue weighted by molar-refractivity contribution is 6.57. The van der Waals surface area contributed by atoms with Gasteiger partial charge in [-0.2, -0.15) is 0 Å². The summed E-state index contributed by atoms with van der Waals surface area (Å²) >= 11 is 0. The van der Waals surface area contributed by atoms with E-state index in [-0.39, 0.29) is 0 Å². The Bertz CT molecular complexity index is 162. The number of esters is 2. The lowest BCUT2D eigenvalue weighted by Crippen LogP contribution is -2.33. The molecule has 0 bridgehead atoms. The molecular formula is C7H14O4Si. The Morgan fingerprint density at radius 1 is 1.08 bits per heavy atom. The molecule has 0 unspecified atom stereocenters. The van der Waals surface area contributed by atoms with Gasteiger partial charge in [-0.15, -0.1) is 0 Å². The summed E-state index contributed by atoms with van der Waals surface area (Å²) in [5, 5.41) is 0. The first kappa shape index (κ1) is 11.2. The molecule has 0 aromatic rings. The summed E-state index contributed by atoms with van der Waals surface area (Å²) in [6.07, 6.45) is 0. The molecule has 0 aliphatic rings. The third kappa shape index (κ3) is 4.89. The van der Waals surface area contributed by atoms with Gasteiger partial charge in [-0.1, -0.05) is 13.1 Å². The maximum atomic E-state index is 10.5. The van der Waals surface area contributed by atoms with Crippen molar-refractivity contribution in [1.82, 2.24) is 0 Å². The third-order valence-corrected chi connectivity index (χ3v) is 2.47. The lowest BCUT2D eigenvalue weighted by Gasteiger charge is -2.18. The average Bonchev–Trinajstić information content (AvgIpc) is 1.83. The van der Waals surface area contributed by atoms with E-state index in [2.05, 4.69) is 0 Å². The zero-order chi connectivity index (χ0) is 9.72. The van der Waals surface area contributed by atoms with Crippen LogP contribution in [0.2, 0.25) is 13.1 Å². The molecule has 70 valence electrons. The van der Waals surface area contributed by atoms with Crippen LogP contribution in [0.15, 0.2) is 0 Å². The van der Waals surface area contributed by atoms with Crippen LogP contribution in [0, 0.1) is 0 Å². The summed E-state index contributed by atoms with van der Waals surface area (Å²) in [5.41, 5.74) is 0. The van der Waals surface area contributed by atoms with Crippen molar-refractivity contribution in [1.29, 1.82) is 0 Å². The van der Waals surface area contributed by atoms with E-state index in [0.29, 0.717) is 0 Å². The summed E-state index contributed by atoms with van der Waals surface area (Å²) in [7, 11) is -1.28. The minimum absolute atomic E-state index is 0.414. The SMILES string of the molecule is CC(=O)OC(OC(C)=O)[SiH](C)C. The highest BCUT2D eigenvalue weighted by Crippen LogP contribution is 2.01. The molecule has 0 amide bonds. The third-order valence-electron chi connectivity index (χ3n) is 1.11. The fourth-order valence-corrected chi connectivity index (χ4v) is 1.55. The molecule has 0 aromatic carbocycles. The fourth-order valence-electron chi connectivity index (χ4n) is 0.623. The summed E-state index contributed by atoms with van der Waals surface area (Å²) in [4.78, 5) is 21.1. The summed E-state index contributed by atoms with van der Waals surface area (Å²) < 4.78 is 9.60. The van der Waals surface area contributed by atoms with Crippen LogP contribution in [0.1, 0.15) is 13.8 Å². The maximum absolute atomic E-state index is 10.5. The van der Waals surface area contributed by atoms with Crippen molar-refractivity contribution < 1.29 is 19.1 Å². The topological polar surface area (TPSA) is 52.6 Å². The van der Waals surface area contributed by atoms with Crippen molar-refractivity contribution in [3.63, 3.8) is 0 Å². The molecule has 0 aromatic heterocycles. The summed E-state index contributed by atoms with van der Waals surface area (Å²) in [6.45, 7) is 6.48. The van der Waals surface area contributed by atoms with E-state index in [4.69, 9.17) is 9.47 Å². The number of rotatable bonds is 3. The fraction of sp³-hybridized carbons (Fsp3) is 0.714. The van der Waals surface area contributed by atoms with Crippen molar-refractivity contribution in [3.8, 4) is 0 Å². The first-order valence-electron chi connectivity index (χ1n) is 3.78. The highest BCUT2D eigenvalue weighted by atomic mass is 28.3. The van der Waals surface area contributed by atoms with Crippen LogP contribution < -0.4 is 0 Å². The van der Waals surface area contributed by atoms with E-state index < -0.39 is 26.6 Å². The molecule has 0 atom stereocenters. The summed E-state index contributed by atoms with van der Waals surface area (Å²) in [6, 6.07) is 0. The highest BCUT2D eigenvalue weighted by Gasteiger charge is 2.19.